The molecule has 1 aromatic carbocycles. The average Bonchev–Trinajstić information content (AvgIpc) is 2.73. The van der Waals surface area contributed by atoms with Gasteiger partial charge in [-0.2, -0.15) is 0 Å². The molecule has 0 spiro atoms. The molecule has 29 heavy (non-hydrogen) atoms. The number of piperidine rings is 1. The van der Waals surface area contributed by atoms with E-state index in [1.807, 2.05) is 24.3 Å². The third kappa shape index (κ3) is 7.58. The Labute approximate surface area is 181 Å². The fourth-order valence-electron chi connectivity index (χ4n) is 4.87. The van der Waals surface area contributed by atoms with Gasteiger partial charge in [0, 0.05) is 37.2 Å². The number of ether oxygens (including phenoxy) is 1. The van der Waals surface area contributed by atoms with Gasteiger partial charge in [-0.1, -0.05) is 36.6 Å². The molecule has 1 saturated heterocycles. The van der Waals surface area contributed by atoms with E-state index in [1.165, 1.54) is 44.2 Å². The number of aryl methyl sites for hydroxylation is 1. The van der Waals surface area contributed by atoms with Gasteiger partial charge in [-0.15, -0.1) is 0 Å². The first-order chi connectivity index (χ1) is 14.1. The number of rotatable bonds is 9. The number of nitrogens with zero attached hydrogens (tertiary/aromatic N) is 1. The van der Waals surface area contributed by atoms with Gasteiger partial charge >= 0.3 is 0 Å². The van der Waals surface area contributed by atoms with Crippen LogP contribution in [0.1, 0.15) is 57.4 Å². The maximum Gasteiger partial charge on any atom is 0.220 e. The third-order valence-electron chi connectivity index (χ3n) is 6.46. The van der Waals surface area contributed by atoms with Crippen molar-refractivity contribution in [2.24, 2.45) is 11.8 Å². The molecular weight excluding hydrogens is 384 g/mol. The van der Waals surface area contributed by atoms with E-state index in [0.29, 0.717) is 24.3 Å². The quantitative estimate of drug-likeness (QED) is 0.629. The lowest BCUT2D eigenvalue weighted by molar-refractivity contribution is -0.122. The number of benzene rings is 1. The number of carbonyl (C=O) groups excluding carboxylic acids is 1. The van der Waals surface area contributed by atoms with Gasteiger partial charge in [-0.25, -0.2) is 0 Å². The molecule has 3 atom stereocenters. The fourth-order valence-corrected chi connectivity index (χ4v) is 5.00. The second-order valence-corrected chi connectivity index (χ2v) is 9.21. The molecule has 1 amide bonds. The summed E-state index contributed by atoms with van der Waals surface area (Å²) in [4.78, 5) is 15.2. The van der Waals surface area contributed by atoms with E-state index in [2.05, 4.69) is 17.1 Å². The number of hydrogen-bond donors (Lipinski definition) is 1. The minimum absolute atomic E-state index is 0.185. The molecule has 1 aliphatic heterocycles. The van der Waals surface area contributed by atoms with Gasteiger partial charge in [0.15, 0.2) is 0 Å². The summed E-state index contributed by atoms with van der Waals surface area (Å²) in [6.07, 6.45) is 8.73. The molecule has 2 fully saturated rings. The van der Waals surface area contributed by atoms with Crippen LogP contribution in [0.5, 0.6) is 0 Å². The Hall–Kier alpha value is -1.10. The van der Waals surface area contributed by atoms with Crippen molar-refractivity contribution in [1.82, 2.24) is 10.2 Å². The molecule has 5 heteroatoms. The highest BCUT2D eigenvalue weighted by Gasteiger charge is 2.30. The topological polar surface area (TPSA) is 41.6 Å². The van der Waals surface area contributed by atoms with E-state index in [4.69, 9.17) is 16.3 Å². The molecule has 3 rings (SSSR count). The summed E-state index contributed by atoms with van der Waals surface area (Å²) in [6.45, 7) is 7.23. The van der Waals surface area contributed by atoms with Gasteiger partial charge in [0.1, 0.15) is 0 Å². The van der Waals surface area contributed by atoms with Crippen LogP contribution in [0.15, 0.2) is 24.3 Å². The van der Waals surface area contributed by atoms with Crippen molar-refractivity contribution in [1.29, 1.82) is 0 Å². The summed E-state index contributed by atoms with van der Waals surface area (Å²) in [7, 11) is 0. The van der Waals surface area contributed by atoms with Gasteiger partial charge in [0.2, 0.25) is 5.91 Å². The zero-order valence-corrected chi connectivity index (χ0v) is 18.6. The molecule has 0 bridgehead atoms. The van der Waals surface area contributed by atoms with Crippen molar-refractivity contribution in [3.63, 3.8) is 0 Å². The monoisotopic (exact) mass is 420 g/mol. The second kappa shape index (κ2) is 11.9. The van der Waals surface area contributed by atoms with Crippen molar-refractivity contribution in [3.05, 3.63) is 34.9 Å². The van der Waals surface area contributed by atoms with Crippen molar-refractivity contribution in [2.45, 2.75) is 64.3 Å². The van der Waals surface area contributed by atoms with E-state index in [0.717, 1.165) is 44.2 Å². The maximum atomic E-state index is 12.6. The number of amides is 1. The molecule has 1 N–H and O–H groups in total. The van der Waals surface area contributed by atoms with Crippen LogP contribution in [0, 0.1) is 11.8 Å². The molecule has 1 aromatic rings. The molecule has 1 heterocycles. The smallest absolute Gasteiger partial charge is 0.220 e. The van der Waals surface area contributed by atoms with Crippen LogP contribution < -0.4 is 5.32 Å². The maximum absolute atomic E-state index is 12.6. The number of carbonyl (C=O) groups is 1. The highest BCUT2D eigenvalue weighted by Crippen LogP contribution is 2.27. The Morgan fingerprint density at radius 2 is 1.97 bits per heavy atom. The first-order valence-corrected chi connectivity index (χ1v) is 11.9. The lowest BCUT2D eigenvalue weighted by Crippen LogP contribution is -2.48. The van der Waals surface area contributed by atoms with Crippen LogP contribution in [0.25, 0.3) is 0 Å². The predicted molar refractivity (Wildman–Crippen MR) is 119 cm³/mol. The van der Waals surface area contributed by atoms with E-state index in [-0.39, 0.29) is 5.91 Å². The van der Waals surface area contributed by atoms with Crippen LogP contribution in [0.2, 0.25) is 5.02 Å². The molecular formula is C24H37ClN2O2. The highest BCUT2D eigenvalue weighted by molar-refractivity contribution is 6.30. The van der Waals surface area contributed by atoms with Crippen LogP contribution in [-0.2, 0) is 16.0 Å². The van der Waals surface area contributed by atoms with E-state index in [1.54, 1.807) is 0 Å². The van der Waals surface area contributed by atoms with Gasteiger partial charge in [-0.05, 0) is 75.1 Å². The average molecular weight is 421 g/mol. The Morgan fingerprint density at radius 3 is 2.76 bits per heavy atom. The van der Waals surface area contributed by atoms with Gasteiger partial charge in [0.05, 0.1) is 6.61 Å². The zero-order valence-electron chi connectivity index (χ0n) is 17.9. The summed E-state index contributed by atoms with van der Waals surface area (Å²) in [6, 6.07) is 8.13. The lowest BCUT2D eigenvalue weighted by Gasteiger charge is -2.39. The molecule has 1 aliphatic carbocycles. The molecule has 4 nitrogen and oxygen atoms in total. The van der Waals surface area contributed by atoms with Crippen molar-refractivity contribution < 1.29 is 9.53 Å². The fraction of sp³-hybridized carbons (Fsp3) is 0.708. The molecule has 162 valence electrons. The SMILES string of the molecule is CCOCC1CCCN(CC2CCCCC2NC(=O)CCc2ccc(Cl)cc2)C1. The van der Waals surface area contributed by atoms with Crippen molar-refractivity contribution in [2.75, 3.05) is 32.8 Å². The van der Waals surface area contributed by atoms with Gasteiger partial charge in [0.25, 0.3) is 0 Å². The first-order valence-electron chi connectivity index (χ1n) is 11.5. The molecule has 0 aromatic heterocycles. The zero-order chi connectivity index (χ0) is 20.5. The van der Waals surface area contributed by atoms with Crippen LogP contribution in [0.3, 0.4) is 0 Å². The van der Waals surface area contributed by atoms with Crippen LogP contribution in [-0.4, -0.2) is 49.7 Å². The molecule has 1 saturated carbocycles. The normalized spacial score (nSPS) is 25.7. The van der Waals surface area contributed by atoms with Gasteiger partial charge in [-0.3, -0.25) is 4.79 Å². The Balaban J connectivity index is 1.46. The number of nitrogens with one attached hydrogen (secondary N) is 1. The predicted octanol–water partition coefficient (Wildman–Crippen LogP) is 4.70. The van der Waals surface area contributed by atoms with Crippen LogP contribution in [0.4, 0.5) is 0 Å². The van der Waals surface area contributed by atoms with Crippen LogP contribution >= 0.6 is 11.6 Å². The first kappa shape index (κ1) is 22.6. The summed E-state index contributed by atoms with van der Waals surface area (Å²) in [5.74, 6) is 1.43. The summed E-state index contributed by atoms with van der Waals surface area (Å²) in [5.41, 5.74) is 1.17. The van der Waals surface area contributed by atoms with Gasteiger partial charge < -0.3 is 15.0 Å². The summed E-state index contributed by atoms with van der Waals surface area (Å²) < 4.78 is 5.66. The number of hydrogen-bond acceptors (Lipinski definition) is 3. The number of likely N-dealkylation sites (tertiary alicyclic amines) is 1. The largest absolute Gasteiger partial charge is 0.381 e. The van der Waals surface area contributed by atoms with E-state index in [9.17, 15) is 4.79 Å². The summed E-state index contributed by atoms with van der Waals surface area (Å²) in [5, 5.41) is 4.11. The Bertz CT molecular complexity index is 622. The highest BCUT2D eigenvalue weighted by atomic mass is 35.5. The minimum atomic E-state index is 0.185. The second-order valence-electron chi connectivity index (χ2n) is 8.77. The van der Waals surface area contributed by atoms with Crippen molar-refractivity contribution >= 4 is 17.5 Å². The van der Waals surface area contributed by atoms with E-state index >= 15 is 0 Å². The molecule has 0 radical (unpaired) electrons. The Morgan fingerprint density at radius 1 is 1.17 bits per heavy atom. The summed E-state index contributed by atoms with van der Waals surface area (Å²) >= 11 is 5.94. The third-order valence-corrected chi connectivity index (χ3v) is 6.71. The van der Waals surface area contributed by atoms with E-state index < -0.39 is 0 Å². The molecule has 3 unspecified atom stereocenters. The molecule has 2 aliphatic rings. The lowest BCUT2D eigenvalue weighted by atomic mass is 9.83. The Kier molecular flexibility index (Phi) is 9.29. The standard InChI is InChI=1S/C24H37ClN2O2/c1-2-29-18-20-6-5-15-27(16-20)17-21-7-3-4-8-23(21)26-24(28)14-11-19-9-12-22(25)13-10-19/h9-10,12-13,20-21,23H,2-8,11,14-18H2,1H3,(H,26,28). The van der Waals surface area contributed by atoms with Crippen molar-refractivity contribution in [3.8, 4) is 0 Å². The minimum Gasteiger partial charge on any atom is -0.381 e. The number of halogens is 1.